The first-order valence-electron chi connectivity index (χ1n) is 6.92. The molecule has 0 aromatic heterocycles. The topological polar surface area (TPSA) is 18.5 Å². The molecule has 0 saturated heterocycles. The Morgan fingerprint density at radius 1 is 0.696 bits per heavy atom. The molecule has 0 bridgehead atoms. The van der Waals surface area contributed by atoms with E-state index in [2.05, 4.69) is 0 Å². The van der Waals surface area contributed by atoms with Crippen LogP contribution in [0.15, 0.2) is 24.3 Å². The van der Waals surface area contributed by atoms with Crippen molar-refractivity contribution in [2.75, 3.05) is 27.4 Å². The zero-order valence-electron chi connectivity index (χ0n) is 12.6. The molecule has 2 aromatic rings. The van der Waals surface area contributed by atoms with Crippen molar-refractivity contribution in [1.29, 1.82) is 0 Å². The van der Waals surface area contributed by atoms with Crippen LogP contribution in [0.1, 0.15) is 11.1 Å². The van der Waals surface area contributed by atoms with Gasteiger partial charge in [0.1, 0.15) is 0 Å². The predicted octanol–water partition coefficient (Wildman–Crippen LogP) is 3.80. The standard InChI is InChI=1S/C17H14F4O2/c1-22-7-17(8-23-2)11-5-15(20)13(18)3-9(11)10-4-14(19)16(21)6-12(10)17/h3-6H,7-8H2,1-2H3. The van der Waals surface area contributed by atoms with Gasteiger partial charge in [-0.05, 0) is 46.5 Å². The maximum Gasteiger partial charge on any atom is 0.159 e. The van der Waals surface area contributed by atoms with Crippen LogP contribution in [0, 0.1) is 23.3 Å². The summed E-state index contributed by atoms with van der Waals surface area (Å²) >= 11 is 0. The zero-order chi connectivity index (χ0) is 16.8. The molecule has 0 radical (unpaired) electrons. The van der Waals surface area contributed by atoms with Gasteiger partial charge in [0.05, 0.1) is 18.6 Å². The summed E-state index contributed by atoms with van der Waals surface area (Å²) in [5.41, 5.74) is 0.371. The Kier molecular flexibility index (Phi) is 3.90. The summed E-state index contributed by atoms with van der Waals surface area (Å²) in [6.45, 7) is 0.105. The third-order valence-electron chi connectivity index (χ3n) is 4.22. The van der Waals surface area contributed by atoms with Gasteiger partial charge in [-0.1, -0.05) is 0 Å². The highest BCUT2D eigenvalue weighted by Gasteiger charge is 2.45. The van der Waals surface area contributed by atoms with Crippen molar-refractivity contribution in [3.63, 3.8) is 0 Å². The molecule has 6 heteroatoms. The van der Waals surface area contributed by atoms with E-state index in [4.69, 9.17) is 9.47 Å². The fourth-order valence-electron chi connectivity index (χ4n) is 3.32. The van der Waals surface area contributed by atoms with Gasteiger partial charge in [0, 0.05) is 14.2 Å². The van der Waals surface area contributed by atoms with Gasteiger partial charge < -0.3 is 9.47 Å². The van der Waals surface area contributed by atoms with Crippen molar-refractivity contribution >= 4 is 0 Å². The van der Waals surface area contributed by atoms with Crippen molar-refractivity contribution in [1.82, 2.24) is 0 Å². The average molecular weight is 326 g/mol. The molecule has 0 saturated carbocycles. The third-order valence-corrected chi connectivity index (χ3v) is 4.22. The fraction of sp³-hybridized carbons (Fsp3) is 0.294. The summed E-state index contributed by atoms with van der Waals surface area (Å²) in [7, 11) is 2.88. The van der Waals surface area contributed by atoms with E-state index in [1.165, 1.54) is 14.2 Å². The molecular formula is C17H14F4O2. The Morgan fingerprint density at radius 2 is 1.04 bits per heavy atom. The second-order valence-corrected chi connectivity index (χ2v) is 5.57. The van der Waals surface area contributed by atoms with Crippen molar-refractivity contribution in [3.05, 3.63) is 58.7 Å². The molecule has 3 rings (SSSR count). The number of halogens is 4. The maximum atomic E-state index is 13.8. The molecule has 2 nitrogen and oxygen atoms in total. The lowest BCUT2D eigenvalue weighted by Crippen LogP contribution is -2.36. The fourth-order valence-corrected chi connectivity index (χ4v) is 3.32. The summed E-state index contributed by atoms with van der Waals surface area (Å²) in [5, 5.41) is 0. The Labute approximate surface area is 130 Å². The molecule has 1 aliphatic rings. The van der Waals surface area contributed by atoms with Crippen LogP contribution >= 0.6 is 0 Å². The molecule has 1 aliphatic carbocycles. The van der Waals surface area contributed by atoms with Crippen molar-refractivity contribution in [3.8, 4) is 11.1 Å². The van der Waals surface area contributed by atoms with Gasteiger partial charge in [-0.2, -0.15) is 0 Å². The molecule has 0 heterocycles. The van der Waals surface area contributed by atoms with E-state index in [-0.39, 0.29) is 13.2 Å². The van der Waals surface area contributed by atoms with Crippen LogP contribution in [-0.4, -0.2) is 27.4 Å². The van der Waals surface area contributed by atoms with E-state index in [9.17, 15) is 17.6 Å². The minimum atomic E-state index is -1.05. The van der Waals surface area contributed by atoms with Crippen molar-refractivity contribution in [2.24, 2.45) is 0 Å². The van der Waals surface area contributed by atoms with Crippen molar-refractivity contribution < 1.29 is 27.0 Å². The van der Waals surface area contributed by atoms with E-state index in [0.717, 1.165) is 24.3 Å². The van der Waals surface area contributed by atoms with Gasteiger partial charge in [-0.15, -0.1) is 0 Å². The number of benzene rings is 2. The van der Waals surface area contributed by atoms with E-state index >= 15 is 0 Å². The number of methoxy groups -OCH3 is 2. The zero-order valence-corrected chi connectivity index (χ0v) is 12.6. The smallest absolute Gasteiger partial charge is 0.159 e. The first-order chi connectivity index (χ1) is 10.9. The molecule has 0 fully saturated rings. The number of hydrogen-bond donors (Lipinski definition) is 0. The summed E-state index contributed by atoms with van der Waals surface area (Å²) in [6, 6.07) is 4.07. The quantitative estimate of drug-likeness (QED) is 0.796. The highest BCUT2D eigenvalue weighted by Crippen LogP contribution is 2.50. The van der Waals surface area contributed by atoms with Gasteiger partial charge in [0.2, 0.25) is 0 Å². The highest BCUT2D eigenvalue weighted by molar-refractivity contribution is 5.81. The van der Waals surface area contributed by atoms with Crippen LogP contribution in [0.2, 0.25) is 0 Å². The number of fused-ring (bicyclic) bond motifs is 3. The largest absolute Gasteiger partial charge is 0.383 e. The summed E-state index contributed by atoms with van der Waals surface area (Å²) in [6.07, 6.45) is 0. The van der Waals surface area contributed by atoms with Crippen LogP contribution in [0.5, 0.6) is 0 Å². The molecule has 2 aromatic carbocycles. The molecule has 0 N–H and O–H groups in total. The Morgan fingerprint density at radius 3 is 1.39 bits per heavy atom. The molecule has 23 heavy (non-hydrogen) atoms. The Balaban J connectivity index is 2.38. The third kappa shape index (κ3) is 2.24. The minimum Gasteiger partial charge on any atom is -0.383 e. The molecule has 0 unspecified atom stereocenters. The normalized spacial score (nSPS) is 14.7. The lowest BCUT2D eigenvalue weighted by molar-refractivity contribution is 0.0811. The van der Waals surface area contributed by atoms with Gasteiger partial charge >= 0.3 is 0 Å². The Bertz CT molecular complexity index is 708. The average Bonchev–Trinajstić information content (AvgIpc) is 2.72. The van der Waals surface area contributed by atoms with E-state index in [1.807, 2.05) is 0 Å². The summed E-state index contributed by atoms with van der Waals surface area (Å²) in [4.78, 5) is 0. The van der Waals surface area contributed by atoms with Crippen LogP contribution in [-0.2, 0) is 14.9 Å². The second-order valence-electron chi connectivity index (χ2n) is 5.57. The highest BCUT2D eigenvalue weighted by atomic mass is 19.2. The van der Waals surface area contributed by atoms with Crippen LogP contribution in [0.3, 0.4) is 0 Å². The summed E-state index contributed by atoms with van der Waals surface area (Å²) in [5.74, 6) is -4.17. The van der Waals surface area contributed by atoms with Crippen LogP contribution in [0.4, 0.5) is 17.6 Å². The molecule has 0 atom stereocenters. The molecule has 122 valence electrons. The number of rotatable bonds is 4. The van der Waals surface area contributed by atoms with Gasteiger partial charge in [0.25, 0.3) is 0 Å². The van der Waals surface area contributed by atoms with E-state index in [1.54, 1.807) is 0 Å². The molecule has 0 spiro atoms. The molecule has 0 aliphatic heterocycles. The minimum absolute atomic E-state index is 0.0526. The SMILES string of the molecule is COCC1(COC)c2cc(F)c(F)cc2-c2cc(F)c(F)cc21. The Hall–Kier alpha value is -1.92. The van der Waals surface area contributed by atoms with Gasteiger partial charge in [0.15, 0.2) is 23.3 Å². The second kappa shape index (κ2) is 5.62. The first-order valence-corrected chi connectivity index (χ1v) is 6.92. The van der Waals surface area contributed by atoms with E-state index in [0.29, 0.717) is 22.3 Å². The monoisotopic (exact) mass is 326 g/mol. The molecular weight excluding hydrogens is 312 g/mol. The van der Waals surface area contributed by atoms with Crippen LogP contribution < -0.4 is 0 Å². The van der Waals surface area contributed by atoms with Crippen LogP contribution in [0.25, 0.3) is 11.1 Å². The lowest BCUT2D eigenvalue weighted by Gasteiger charge is -2.30. The van der Waals surface area contributed by atoms with Crippen molar-refractivity contribution in [2.45, 2.75) is 5.41 Å². The van der Waals surface area contributed by atoms with Gasteiger partial charge in [-0.3, -0.25) is 0 Å². The summed E-state index contributed by atoms with van der Waals surface area (Å²) < 4.78 is 65.3. The maximum absolute atomic E-state index is 13.8. The number of ether oxygens (including phenoxy) is 2. The van der Waals surface area contributed by atoms with Gasteiger partial charge in [-0.25, -0.2) is 17.6 Å². The lowest BCUT2D eigenvalue weighted by atomic mass is 9.79. The number of hydrogen-bond acceptors (Lipinski definition) is 2. The first kappa shape index (κ1) is 16.0. The molecule has 0 amide bonds. The predicted molar refractivity (Wildman–Crippen MR) is 76.2 cm³/mol. The van der Waals surface area contributed by atoms with E-state index < -0.39 is 28.7 Å².